The van der Waals surface area contributed by atoms with Crippen molar-refractivity contribution in [2.24, 2.45) is 0 Å². The Bertz CT molecular complexity index is 520. The van der Waals surface area contributed by atoms with Crippen LogP contribution < -0.4 is 5.32 Å². The molecule has 0 radical (unpaired) electrons. The Morgan fingerprint density at radius 1 is 1.06 bits per heavy atom. The van der Waals surface area contributed by atoms with E-state index in [1.165, 1.54) is 21.0 Å². The second-order valence-corrected chi connectivity index (χ2v) is 7.03. The molecule has 0 spiro atoms. The number of benzene rings is 1. The molecule has 0 saturated heterocycles. The molecular weight excluding hydrogens is 238 g/mol. The van der Waals surface area contributed by atoms with E-state index in [9.17, 15) is 0 Å². The molecule has 0 fully saturated rings. The summed E-state index contributed by atoms with van der Waals surface area (Å²) in [5.74, 6) is 0. The molecule has 0 aliphatic heterocycles. The molecule has 0 atom stereocenters. The summed E-state index contributed by atoms with van der Waals surface area (Å²) in [5, 5.41) is 3.56. The molecule has 1 heterocycles. The van der Waals surface area contributed by atoms with Gasteiger partial charge in [0.15, 0.2) is 0 Å². The van der Waals surface area contributed by atoms with Crippen LogP contribution >= 0.6 is 11.3 Å². The number of rotatable bonds is 3. The van der Waals surface area contributed by atoms with Crippen molar-refractivity contribution in [1.82, 2.24) is 0 Å². The Morgan fingerprint density at radius 2 is 1.78 bits per heavy atom. The maximum atomic E-state index is 3.56. The van der Waals surface area contributed by atoms with E-state index in [1.807, 2.05) is 11.3 Å². The highest BCUT2D eigenvalue weighted by atomic mass is 32.1. The van der Waals surface area contributed by atoms with Crippen LogP contribution in [0.1, 0.15) is 36.1 Å². The molecular formula is C16H21NS. The van der Waals surface area contributed by atoms with Crippen molar-refractivity contribution in [3.63, 3.8) is 0 Å². The second-order valence-electron chi connectivity index (χ2n) is 5.66. The van der Waals surface area contributed by atoms with Crippen LogP contribution in [0.15, 0.2) is 36.4 Å². The highest BCUT2D eigenvalue weighted by molar-refractivity contribution is 7.11. The lowest BCUT2D eigenvalue weighted by molar-refractivity contribution is 0.591. The van der Waals surface area contributed by atoms with Crippen molar-refractivity contribution >= 4 is 17.0 Å². The zero-order valence-electron chi connectivity index (χ0n) is 11.6. The third kappa shape index (κ3) is 3.14. The van der Waals surface area contributed by atoms with Crippen molar-refractivity contribution in [3.05, 3.63) is 51.7 Å². The quantitative estimate of drug-likeness (QED) is 0.821. The minimum Gasteiger partial charge on any atom is -0.380 e. The topological polar surface area (TPSA) is 12.0 Å². The van der Waals surface area contributed by atoms with Gasteiger partial charge in [-0.15, -0.1) is 11.3 Å². The molecule has 0 amide bonds. The fraction of sp³-hybridized carbons (Fsp3) is 0.375. The summed E-state index contributed by atoms with van der Waals surface area (Å²) in [6.07, 6.45) is 0. The normalized spacial score (nSPS) is 11.6. The van der Waals surface area contributed by atoms with E-state index in [0.29, 0.717) is 0 Å². The van der Waals surface area contributed by atoms with E-state index in [1.54, 1.807) is 0 Å². The van der Waals surface area contributed by atoms with Gasteiger partial charge in [0, 0.05) is 22.0 Å². The van der Waals surface area contributed by atoms with Crippen molar-refractivity contribution in [2.45, 2.75) is 39.7 Å². The predicted molar refractivity (Wildman–Crippen MR) is 81.5 cm³/mol. The Labute approximate surface area is 114 Å². The molecule has 1 nitrogen and oxygen atoms in total. The first-order valence-electron chi connectivity index (χ1n) is 6.35. The average Bonchev–Trinajstić information content (AvgIpc) is 2.72. The number of anilines is 1. The summed E-state index contributed by atoms with van der Waals surface area (Å²) in [4.78, 5) is 2.76. The molecule has 0 saturated carbocycles. The Morgan fingerprint density at radius 3 is 2.39 bits per heavy atom. The lowest BCUT2D eigenvalue weighted by Gasteiger charge is -2.23. The number of para-hydroxylation sites is 1. The summed E-state index contributed by atoms with van der Waals surface area (Å²) >= 11 is 1.86. The van der Waals surface area contributed by atoms with Gasteiger partial charge in [-0.3, -0.25) is 0 Å². The monoisotopic (exact) mass is 259 g/mol. The number of hydrogen-bond donors (Lipinski definition) is 1. The number of hydrogen-bond acceptors (Lipinski definition) is 2. The Balaban J connectivity index is 2.14. The first-order valence-corrected chi connectivity index (χ1v) is 7.17. The SMILES string of the molecule is Cc1ccc(CNc2ccccc2C(C)(C)C)s1. The standard InChI is InChI=1S/C16H21NS/c1-12-9-10-13(18-12)11-17-15-8-6-5-7-14(15)16(2,3)4/h5-10,17H,11H2,1-4H3. The molecule has 2 rings (SSSR count). The van der Waals surface area contributed by atoms with Gasteiger partial charge < -0.3 is 5.32 Å². The number of aryl methyl sites for hydroxylation is 1. The molecule has 96 valence electrons. The van der Waals surface area contributed by atoms with Crippen LogP contribution in [0.2, 0.25) is 0 Å². The first-order chi connectivity index (χ1) is 8.47. The average molecular weight is 259 g/mol. The van der Waals surface area contributed by atoms with Gasteiger partial charge >= 0.3 is 0 Å². The van der Waals surface area contributed by atoms with Crippen LogP contribution in [0, 0.1) is 6.92 Å². The summed E-state index contributed by atoms with van der Waals surface area (Å²) < 4.78 is 0. The second kappa shape index (κ2) is 5.15. The Kier molecular flexibility index (Phi) is 3.76. The minimum absolute atomic E-state index is 0.176. The van der Waals surface area contributed by atoms with Gasteiger partial charge in [-0.25, -0.2) is 0 Å². The fourth-order valence-corrected chi connectivity index (χ4v) is 2.88. The van der Waals surface area contributed by atoms with Crippen molar-refractivity contribution in [3.8, 4) is 0 Å². The summed E-state index contributed by atoms with van der Waals surface area (Å²) in [7, 11) is 0. The minimum atomic E-state index is 0.176. The third-order valence-corrected chi connectivity index (χ3v) is 3.98. The smallest absolute Gasteiger partial charge is 0.0494 e. The lowest BCUT2D eigenvalue weighted by atomic mass is 9.86. The maximum Gasteiger partial charge on any atom is 0.0494 e. The summed E-state index contributed by atoms with van der Waals surface area (Å²) in [6, 6.07) is 13.0. The van der Waals surface area contributed by atoms with E-state index in [2.05, 4.69) is 69.4 Å². The van der Waals surface area contributed by atoms with Gasteiger partial charge in [0.2, 0.25) is 0 Å². The van der Waals surface area contributed by atoms with Crippen molar-refractivity contribution in [2.75, 3.05) is 5.32 Å². The predicted octanol–water partition coefficient (Wildman–Crippen LogP) is 4.97. The van der Waals surface area contributed by atoms with Gasteiger partial charge in [-0.2, -0.15) is 0 Å². The number of thiophene rings is 1. The van der Waals surface area contributed by atoms with Crippen LogP contribution in [-0.4, -0.2) is 0 Å². The first kappa shape index (κ1) is 13.2. The molecule has 2 aromatic rings. The molecule has 1 aromatic carbocycles. The molecule has 0 aliphatic rings. The largest absolute Gasteiger partial charge is 0.380 e. The summed E-state index contributed by atoms with van der Waals surface area (Å²) in [6.45, 7) is 9.82. The molecule has 0 aliphatic carbocycles. The van der Waals surface area contributed by atoms with Gasteiger partial charge in [-0.05, 0) is 36.1 Å². The van der Waals surface area contributed by atoms with Gasteiger partial charge in [0.1, 0.15) is 0 Å². The molecule has 2 heteroatoms. The molecule has 0 unspecified atom stereocenters. The van der Waals surface area contributed by atoms with Crippen molar-refractivity contribution in [1.29, 1.82) is 0 Å². The highest BCUT2D eigenvalue weighted by Crippen LogP contribution is 2.29. The van der Waals surface area contributed by atoms with Crippen LogP contribution in [-0.2, 0) is 12.0 Å². The van der Waals surface area contributed by atoms with E-state index < -0.39 is 0 Å². The van der Waals surface area contributed by atoms with E-state index >= 15 is 0 Å². The zero-order chi connectivity index (χ0) is 13.2. The van der Waals surface area contributed by atoms with Crippen LogP contribution in [0.3, 0.4) is 0 Å². The van der Waals surface area contributed by atoms with E-state index in [-0.39, 0.29) is 5.41 Å². The highest BCUT2D eigenvalue weighted by Gasteiger charge is 2.17. The molecule has 18 heavy (non-hydrogen) atoms. The van der Waals surface area contributed by atoms with E-state index in [0.717, 1.165) is 6.54 Å². The van der Waals surface area contributed by atoms with Crippen molar-refractivity contribution < 1.29 is 0 Å². The van der Waals surface area contributed by atoms with E-state index in [4.69, 9.17) is 0 Å². The summed E-state index contributed by atoms with van der Waals surface area (Å²) in [5.41, 5.74) is 2.80. The fourth-order valence-electron chi connectivity index (χ4n) is 2.05. The third-order valence-electron chi connectivity index (χ3n) is 2.98. The van der Waals surface area contributed by atoms with Crippen LogP contribution in [0.5, 0.6) is 0 Å². The van der Waals surface area contributed by atoms with Gasteiger partial charge in [-0.1, -0.05) is 39.0 Å². The molecule has 0 bridgehead atoms. The van der Waals surface area contributed by atoms with Crippen LogP contribution in [0.25, 0.3) is 0 Å². The van der Waals surface area contributed by atoms with Crippen LogP contribution in [0.4, 0.5) is 5.69 Å². The lowest BCUT2D eigenvalue weighted by Crippen LogP contribution is -2.14. The number of nitrogens with one attached hydrogen (secondary N) is 1. The maximum absolute atomic E-state index is 3.56. The van der Waals surface area contributed by atoms with Gasteiger partial charge in [0.05, 0.1) is 0 Å². The van der Waals surface area contributed by atoms with Gasteiger partial charge in [0.25, 0.3) is 0 Å². The molecule has 1 aromatic heterocycles. The zero-order valence-corrected chi connectivity index (χ0v) is 12.4. The Hall–Kier alpha value is -1.28. The molecule has 1 N–H and O–H groups in total.